The van der Waals surface area contributed by atoms with Gasteiger partial charge in [0.25, 0.3) is 5.91 Å². The van der Waals surface area contributed by atoms with Gasteiger partial charge in [-0.15, -0.1) is 0 Å². The van der Waals surface area contributed by atoms with Gasteiger partial charge in [0.05, 0.1) is 30.7 Å². The number of anilines is 3. The van der Waals surface area contributed by atoms with Gasteiger partial charge >= 0.3 is 0 Å². The van der Waals surface area contributed by atoms with Gasteiger partial charge in [0.15, 0.2) is 5.89 Å². The molecule has 2 saturated heterocycles. The Balaban J connectivity index is 1.12. The van der Waals surface area contributed by atoms with Crippen molar-refractivity contribution < 1.29 is 18.7 Å². The van der Waals surface area contributed by atoms with Gasteiger partial charge in [-0.25, -0.2) is 9.97 Å². The van der Waals surface area contributed by atoms with Gasteiger partial charge in [-0.1, -0.05) is 0 Å². The summed E-state index contributed by atoms with van der Waals surface area (Å²) in [5.74, 6) is 3.07. The highest BCUT2D eigenvalue weighted by Gasteiger charge is 2.28. The van der Waals surface area contributed by atoms with Gasteiger partial charge in [-0.05, 0) is 49.9 Å². The minimum Gasteiger partial charge on any atom is -0.497 e. The van der Waals surface area contributed by atoms with Crippen LogP contribution in [-0.4, -0.2) is 79.6 Å². The normalized spacial score (nSPS) is 17.1. The highest BCUT2D eigenvalue weighted by atomic mass is 16.5. The van der Waals surface area contributed by atoms with Crippen molar-refractivity contribution in [2.75, 3.05) is 68.0 Å². The number of methoxy groups -OCH3 is 1. The molecule has 3 aliphatic rings. The van der Waals surface area contributed by atoms with Crippen LogP contribution >= 0.6 is 0 Å². The highest BCUT2D eigenvalue weighted by molar-refractivity contribution is 5.96. The molecule has 11 nitrogen and oxygen atoms in total. The van der Waals surface area contributed by atoms with Crippen LogP contribution in [0.4, 0.5) is 17.2 Å². The Morgan fingerprint density at radius 1 is 1.10 bits per heavy atom. The number of hydrogen-bond acceptors (Lipinski definition) is 9. The highest BCUT2D eigenvalue weighted by Crippen LogP contribution is 2.39. The molecule has 0 unspecified atom stereocenters. The van der Waals surface area contributed by atoms with Gasteiger partial charge < -0.3 is 34.5 Å². The topological polar surface area (TPSA) is 116 Å². The van der Waals surface area contributed by atoms with E-state index in [9.17, 15) is 9.59 Å². The minimum atomic E-state index is -0.122. The zero-order valence-electron chi connectivity index (χ0n) is 24.2. The van der Waals surface area contributed by atoms with Gasteiger partial charge in [0.2, 0.25) is 5.91 Å². The fourth-order valence-corrected chi connectivity index (χ4v) is 5.59. The second-order valence-electron chi connectivity index (χ2n) is 11.2. The largest absolute Gasteiger partial charge is 0.497 e. The van der Waals surface area contributed by atoms with Crippen LogP contribution in [0.5, 0.6) is 5.75 Å². The lowest BCUT2D eigenvalue weighted by atomic mass is 10.1. The van der Waals surface area contributed by atoms with Gasteiger partial charge in [-0.2, -0.15) is 0 Å². The van der Waals surface area contributed by atoms with Crippen molar-refractivity contribution in [2.45, 2.75) is 44.6 Å². The summed E-state index contributed by atoms with van der Waals surface area (Å²) in [5.41, 5.74) is 3.37. The summed E-state index contributed by atoms with van der Waals surface area (Å²) in [6.07, 6.45) is 8.08. The number of benzene rings is 1. The third-order valence-corrected chi connectivity index (χ3v) is 8.17. The van der Waals surface area contributed by atoms with Crippen LogP contribution in [0, 0.1) is 0 Å². The Morgan fingerprint density at radius 3 is 2.69 bits per heavy atom. The maximum absolute atomic E-state index is 13.1. The second-order valence-corrected chi connectivity index (χ2v) is 11.2. The molecule has 3 aromatic rings. The molecule has 2 aliphatic heterocycles. The van der Waals surface area contributed by atoms with E-state index >= 15 is 0 Å². The van der Waals surface area contributed by atoms with Gasteiger partial charge in [0, 0.05) is 76.0 Å². The summed E-state index contributed by atoms with van der Waals surface area (Å²) in [5, 5.41) is 6.56. The van der Waals surface area contributed by atoms with E-state index < -0.39 is 0 Å². The van der Waals surface area contributed by atoms with E-state index in [1.165, 1.54) is 0 Å². The first kappa shape index (κ1) is 27.9. The monoisotopic (exact) mass is 573 g/mol. The van der Waals surface area contributed by atoms with Crippen molar-refractivity contribution in [3.05, 3.63) is 59.9 Å². The Kier molecular flexibility index (Phi) is 8.43. The van der Waals surface area contributed by atoms with E-state index in [1.54, 1.807) is 19.6 Å². The molecule has 2 N–H and O–H groups in total. The summed E-state index contributed by atoms with van der Waals surface area (Å²) in [7, 11) is 1.66. The fraction of sp³-hybridized carbons (Fsp3) is 0.484. The maximum atomic E-state index is 13.1. The summed E-state index contributed by atoms with van der Waals surface area (Å²) in [6, 6.07) is 9.65. The third-order valence-electron chi connectivity index (χ3n) is 8.17. The third kappa shape index (κ3) is 6.61. The molecular formula is C31H39N7O4. The molecule has 6 rings (SSSR count). The molecule has 1 aromatic carbocycles. The lowest BCUT2D eigenvalue weighted by Crippen LogP contribution is -2.47. The Bertz CT molecular complexity index is 1400. The molecule has 3 fully saturated rings. The Morgan fingerprint density at radius 2 is 1.93 bits per heavy atom. The average molecular weight is 574 g/mol. The number of carbonyl (C=O) groups is 2. The zero-order chi connectivity index (χ0) is 28.9. The Labute approximate surface area is 246 Å². The first-order valence-corrected chi connectivity index (χ1v) is 15.0. The van der Waals surface area contributed by atoms with Crippen molar-refractivity contribution in [1.29, 1.82) is 0 Å². The van der Waals surface area contributed by atoms with E-state index in [2.05, 4.69) is 30.4 Å². The number of nitrogens with zero attached hydrogens (tertiary/aromatic N) is 5. The maximum Gasteiger partial charge on any atom is 0.251 e. The van der Waals surface area contributed by atoms with Crippen LogP contribution in [0.2, 0.25) is 0 Å². The summed E-state index contributed by atoms with van der Waals surface area (Å²) in [6.45, 7) is 5.78. The van der Waals surface area contributed by atoms with E-state index in [0.29, 0.717) is 37.5 Å². The van der Waals surface area contributed by atoms with Crippen LogP contribution in [0.1, 0.15) is 60.0 Å². The second kappa shape index (κ2) is 12.7. The van der Waals surface area contributed by atoms with Crippen LogP contribution in [0.15, 0.2) is 47.2 Å². The lowest BCUT2D eigenvalue weighted by molar-refractivity contribution is -0.127. The molecular weight excluding hydrogens is 534 g/mol. The molecule has 42 heavy (non-hydrogen) atoms. The number of carbonyl (C=O) groups excluding carboxylic acids is 2. The van der Waals surface area contributed by atoms with Crippen molar-refractivity contribution in [3.63, 3.8) is 0 Å². The van der Waals surface area contributed by atoms with E-state index in [-0.39, 0.29) is 11.8 Å². The molecule has 4 heterocycles. The molecule has 0 spiro atoms. The molecule has 11 heteroatoms. The summed E-state index contributed by atoms with van der Waals surface area (Å²) in [4.78, 5) is 40.6. The van der Waals surface area contributed by atoms with Gasteiger partial charge in [-0.3, -0.25) is 9.59 Å². The molecule has 2 aromatic heterocycles. The predicted octanol–water partition coefficient (Wildman–Crippen LogP) is 3.64. The molecule has 222 valence electrons. The molecule has 0 bridgehead atoms. The minimum absolute atomic E-state index is 0.122. The molecule has 2 amide bonds. The Hall–Kier alpha value is -4.28. The van der Waals surface area contributed by atoms with Crippen molar-refractivity contribution in [2.24, 2.45) is 0 Å². The number of amides is 2. The number of hydrogen-bond donors (Lipinski definition) is 2. The number of pyridine rings is 1. The smallest absolute Gasteiger partial charge is 0.251 e. The van der Waals surface area contributed by atoms with Crippen molar-refractivity contribution in [1.82, 2.24) is 20.2 Å². The van der Waals surface area contributed by atoms with Crippen molar-refractivity contribution >= 4 is 29.0 Å². The summed E-state index contributed by atoms with van der Waals surface area (Å²) >= 11 is 0. The van der Waals surface area contributed by atoms with Crippen LogP contribution in [-0.2, 0) is 11.3 Å². The van der Waals surface area contributed by atoms with E-state index in [1.807, 2.05) is 35.2 Å². The van der Waals surface area contributed by atoms with Crippen LogP contribution in [0.25, 0.3) is 0 Å². The SMILES string of the molecule is COc1ccnc(N2CCN(c3ccc(C(=O)NCCCN4CCCC4=O)cc3NCc3coc(C4CC4)n3)CC2)c1. The van der Waals surface area contributed by atoms with E-state index in [4.69, 9.17) is 9.15 Å². The number of aromatic nitrogens is 2. The number of rotatable bonds is 12. The number of ether oxygens (including phenoxy) is 1. The number of oxazole rings is 1. The average Bonchev–Trinajstić information content (AvgIpc) is 3.63. The predicted molar refractivity (Wildman–Crippen MR) is 160 cm³/mol. The van der Waals surface area contributed by atoms with Crippen molar-refractivity contribution in [3.8, 4) is 5.75 Å². The standard InChI is InChI=1S/C31H39N7O4/c1-41-25-9-11-32-28(19-25)37-16-14-36(15-17-37)27-8-7-23(30(40)33-10-3-13-38-12-2-4-29(38)39)18-26(27)34-20-24-21-42-31(35-24)22-5-6-22/h7-9,11,18-19,21-22,34H,2-6,10,12-17,20H2,1H3,(H,33,40). The number of piperazine rings is 1. The number of likely N-dealkylation sites (tertiary alicyclic amines) is 1. The molecule has 0 radical (unpaired) electrons. The first-order valence-electron chi connectivity index (χ1n) is 15.0. The lowest BCUT2D eigenvalue weighted by Gasteiger charge is -2.37. The van der Waals surface area contributed by atoms with Crippen LogP contribution in [0.3, 0.4) is 0 Å². The molecule has 1 saturated carbocycles. The zero-order valence-corrected chi connectivity index (χ0v) is 24.2. The van der Waals surface area contributed by atoms with Gasteiger partial charge in [0.1, 0.15) is 17.8 Å². The molecule has 1 aliphatic carbocycles. The first-order chi connectivity index (χ1) is 20.6. The fourth-order valence-electron chi connectivity index (χ4n) is 5.59. The van der Waals surface area contributed by atoms with Crippen LogP contribution < -0.4 is 25.2 Å². The summed E-state index contributed by atoms with van der Waals surface area (Å²) < 4.78 is 11.1. The molecule has 0 atom stereocenters. The number of nitrogens with one attached hydrogen (secondary N) is 2. The van der Waals surface area contributed by atoms with E-state index in [0.717, 1.165) is 92.9 Å². The quantitative estimate of drug-likeness (QED) is 0.313.